The number of amides is 1. The van der Waals surface area contributed by atoms with Gasteiger partial charge in [-0.1, -0.05) is 36.0 Å². The molecule has 0 aliphatic carbocycles. The molecular formula is C23H25N3O2S. The van der Waals surface area contributed by atoms with Gasteiger partial charge in [-0.05, 0) is 56.0 Å². The minimum absolute atomic E-state index is 0.0403. The van der Waals surface area contributed by atoms with Crippen LogP contribution in [0.15, 0.2) is 52.4 Å². The molecule has 5 nitrogen and oxygen atoms in total. The van der Waals surface area contributed by atoms with Gasteiger partial charge in [-0.15, -0.1) is 0 Å². The Balaban J connectivity index is 1.67. The third-order valence-corrected chi connectivity index (χ3v) is 6.56. The van der Waals surface area contributed by atoms with Crippen molar-refractivity contribution in [2.45, 2.75) is 38.3 Å². The molecule has 2 aromatic carbocycles. The van der Waals surface area contributed by atoms with Crippen molar-refractivity contribution < 1.29 is 4.79 Å². The maximum absolute atomic E-state index is 13.4. The van der Waals surface area contributed by atoms with Crippen molar-refractivity contribution in [3.63, 3.8) is 0 Å². The van der Waals surface area contributed by atoms with Crippen LogP contribution in [0, 0.1) is 13.8 Å². The van der Waals surface area contributed by atoms with Gasteiger partial charge in [-0.2, -0.15) is 0 Å². The van der Waals surface area contributed by atoms with Gasteiger partial charge < -0.3 is 4.90 Å². The normalized spacial score (nSPS) is 14.1. The number of carbonyl (C=O) groups is 1. The lowest BCUT2D eigenvalue weighted by molar-refractivity contribution is -0.127. The highest BCUT2D eigenvalue weighted by Gasteiger charge is 2.20. The number of benzene rings is 2. The summed E-state index contributed by atoms with van der Waals surface area (Å²) in [6.45, 7) is 5.73. The van der Waals surface area contributed by atoms with Crippen LogP contribution >= 0.6 is 11.8 Å². The van der Waals surface area contributed by atoms with E-state index in [4.69, 9.17) is 4.98 Å². The van der Waals surface area contributed by atoms with Crippen LogP contribution in [0.1, 0.15) is 30.4 Å². The number of para-hydroxylation sites is 1. The summed E-state index contributed by atoms with van der Waals surface area (Å²) in [6, 6.07) is 13.5. The Morgan fingerprint density at radius 2 is 1.90 bits per heavy atom. The summed E-state index contributed by atoms with van der Waals surface area (Å²) in [7, 11) is 0. The molecular weight excluding hydrogens is 382 g/mol. The zero-order valence-electron chi connectivity index (χ0n) is 16.9. The fourth-order valence-corrected chi connectivity index (χ4v) is 4.69. The number of hydrogen-bond donors (Lipinski definition) is 0. The second-order valence-corrected chi connectivity index (χ2v) is 8.52. The first-order valence-corrected chi connectivity index (χ1v) is 11.0. The topological polar surface area (TPSA) is 55.2 Å². The third-order valence-electron chi connectivity index (χ3n) is 5.54. The van der Waals surface area contributed by atoms with Crippen LogP contribution in [-0.4, -0.2) is 39.2 Å². The molecule has 0 atom stereocenters. The lowest BCUT2D eigenvalue weighted by Crippen LogP contribution is -2.26. The van der Waals surface area contributed by atoms with Gasteiger partial charge in [-0.25, -0.2) is 4.98 Å². The lowest BCUT2D eigenvalue weighted by Gasteiger charge is -2.17. The van der Waals surface area contributed by atoms with Crippen LogP contribution in [0.3, 0.4) is 0 Å². The summed E-state index contributed by atoms with van der Waals surface area (Å²) in [4.78, 5) is 31.9. The number of nitrogens with zero attached hydrogens (tertiary/aromatic N) is 3. The summed E-state index contributed by atoms with van der Waals surface area (Å²) in [5.74, 6) is 1.06. The van der Waals surface area contributed by atoms with Crippen molar-refractivity contribution in [3.8, 4) is 5.69 Å². The van der Waals surface area contributed by atoms with Crippen molar-refractivity contribution >= 4 is 28.6 Å². The molecule has 3 aromatic rings. The van der Waals surface area contributed by atoms with Gasteiger partial charge in [0.1, 0.15) is 0 Å². The maximum Gasteiger partial charge on any atom is 0.266 e. The molecule has 0 saturated carbocycles. The van der Waals surface area contributed by atoms with Crippen molar-refractivity contribution in [2.75, 3.05) is 18.8 Å². The zero-order valence-corrected chi connectivity index (χ0v) is 17.7. The van der Waals surface area contributed by atoms with Crippen LogP contribution in [0.2, 0.25) is 0 Å². The predicted octanol–water partition coefficient (Wildman–Crippen LogP) is 4.11. The van der Waals surface area contributed by atoms with Gasteiger partial charge in [0, 0.05) is 25.3 Å². The first kappa shape index (κ1) is 19.7. The molecule has 150 valence electrons. The number of fused-ring (bicyclic) bond motifs is 1. The van der Waals surface area contributed by atoms with Crippen LogP contribution in [-0.2, 0) is 4.79 Å². The predicted molar refractivity (Wildman–Crippen MR) is 118 cm³/mol. The number of aryl methyl sites for hydroxylation is 1. The molecule has 0 bridgehead atoms. The van der Waals surface area contributed by atoms with Crippen LogP contribution in [0.4, 0.5) is 0 Å². The fourth-order valence-electron chi connectivity index (χ4n) is 3.76. The minimum atomic E-state index is -0.0403. The number of thioether (sulfide) groups is 1. The quantitative estimate of drug-likeness (QED) is 0.351. The molecule has 1 aromatic heterocycles. The highest BCUT2D eigenvalue weighted by molar-refractivity contribution is 7.99. The van der Waals surface area contributed by atoms with E-state index in [1.54, 1.807) is 16.3 Å². The lowest BCUT2D eigenvalue weighted by atomic mass is 10.1. The average Bonchev–Trinajstić information content (AvgIpc) is 3.13. The highest BCUT2D eigenvalue weighted by Crippen LogP contribution is 2.25. The highest BCUT2D eigenvalue weighted by atomic mass is 32.2. The zero-order chi connectivity index (χ0) is 20.4. The number of rotatable bonds is 6. The molecule has 6 heteroatoms. The van der Waals surface area contributed by atoms with Crippen LogP contribution < -0.4 is 5.56 Å². The molecule has 0 N–H and O–H groups in total. The van der Waals surface area contributed by atoms with Gasteiger partial charge >= 0.3 is 0 Å². The first-order chi connectivity index (χ1) is 14.1. The van der Waals surface area contributed by atoms with Gasteiger partial charge in [-0.3, -0.25) is 14.2 Å². The van der Waals surface area contributed by atoms with Gasteiger partial charge in [0.05, 0.1) is 16.6 Å². The van der Waals surface area contributed by atoms with E-state index >= 15 is 0 Å². The Bertz CT molecular complexity index is 1120. The Labute approximate surface area is 174 Å². The summed E-state index contributed by atoms with van der Waals surface area (Å²) < 4.78 is 1.75. The maximum atomic E-state index is 13.4. The monoisotopic (exact) mass is 407 g/mol. The van der Waals surface area contributed by atoms with Gasteiger partial charge in [0.25, 0.3) is 5.56 Å². The number of hydrogen-bond acceptors (Lipinski definition) is 4. The Morgan fingerprint density at radius 1 is 1.07 bits per heavy atom. The van der Waals surface area contributed by atoms with Crippen molar-refractivity contribution in [1.82, 2.24) is 14.5 Å². The molecule has 0 spiro atoms. The first-order valence-electron chi connectivity index (χ1n) is 10.1. The van der Waals surface area contributed by atoms with Crippen molar-refractivity contribution in [2.24, 2.45) is 0 Å². The number of likely N-dealkylation sites (tertiary alicyclic amines) is 1. The summed E-state index contributed by atoms with van der Waals surface area (Å²) in [6.07, 6.45) is 2.52. The Kier molecular flexibility index (Phi) is 5.72. The van der Waals surface area contributed by atoms with E-state index in [1.165, 1.54) is 0 Å². The molecule has 2 heterocycles. The van der Waals surface area contributed by atoms with E-state index in [-0.39, 0.29) is 11.5 Å². The van der Waals surface area contributed by atoms with E-state index in [2.05, 4.69) is 13.0 Å². The van der Waals surface area contributed by atoms with Crippen molar-refractivity contribution in [1.29, 1.82) is 0 Å². The van der Waals surface area contributed by atoms with Crippen LogP contribution in [0.25, 0.3) is 16.6 Å². The summed E-state index contributed by atoms with van der Waals surface area (Å²) >= 11 is 1.58. The van der Waals surface area contributed by atoms with Gasteiger partial charge in [0.2, 0.25) is 5.91 Å². The number of aromatic nitrogens is 2. The molecule has 1 amide bonds. The molecule has 1 fully saturated rings. The van der Waals surface area contributed by atoms with Crippen molar-refractivity contribution in [3.05, 3.63) is 63.9 Å². The Morgan fingerprint density at radius 3 is 2.69 bits per heavy atom. The smallest absolute Gasteiger partial charge is 0.266 e. The summed E-state index contributed by atoms with van der Waals surface area (Å²) in [5.41, 5.74) is 3.78. The second kappa shape index (κ2) is 8.41. The van der Waals surface area contributed by atoms with E-state index in [9.17, 15) is 9.59 Å². The van der Waals surface area contributed by atoms with Gasteiger partial charge in [0.15, 0.2) is 5.16 Å². The summed E-state index contributed by atoms with van der Waals surface area (Å²) in [5, 5.41) is 1.33. The fraction of sp³-hybridized carbons (Fsp3) is 0.348. The van der Waals surface area contributed by atoms with E-state index in [1.807, 2.05) is 48.2 Å². The van der Waals surface area contributed by atoms with E-state index < -0.39 is 0 Å². The molecule has 29 heavy (non-hydrogen) atoms. The molecule has 0 radical (unpaired) electrons. The number of carbonyl (C=O) groups excluding carboxylic acids is 1. The average molecular weight is 408 g/mol. The minimum Gasteiger partial charge on any atom is -0.343 e. The second-order valence-electron chi connectivity index (χ2n) is 7.46. The Hall–Kier alpha value is -2.60. The third kappa shape index (κ3) is 3.94. The molecule has 1 aliphatic rings. The van der Waals surface area contributed by atoms with Crippen LogP contribution in [0.5, 0.6) is 0 Å². The SMILES string of the molecule is Cc1cccc(-n2c(SCCCN3CCCC3=O)nc3ccccc3c2=O)c1C. The molecule has 4 rings (SSSR count). The largest absolute Gasteiger partial charge is 0.343 e. The molecule has 1 aliphatic heterocycles. The van der Waals surface area contributed by atoms with E-state index in [0.717, 1.165) is 54.0 Å². The molecule has 1 saturated heterocycles. The van der Waals surface area contributed by atoms with E-state index in [0.29, 0.717) is 17.0 Å². The molecule has 0 unspecified atom stereocenters. The standard InChI is InChI=1S/C23H25N3O2S/c1-16-8-5-11-20(17(16)2)26-22(28)18-9-3-4-10-19(18)24-23(26)29-15-7-14-25-13-6-12-21(25)27/h3-5,8-11H,6-7,12-15H2,1-2H3.